The van der Waals surface area contributed by atoms with Crippen LogP contribution in [0, 0.1) is 0 Å². The maximum atomic E-state index is 13.1. The lowest BCUT2D eigenvalue weighted by molar-refractivity contribution is -0.139. The first-order valence-corrected chi connectivity index (χ1v) is 9.44. The van der Waals surface area contributed by atoms with Crippen molar-refractivity contribution in [1.29, 1.82) is 0 Å². The quantitative estimate of drug-likeness (QED) is 0.600. The van der Waals surface area contributed by atoms with Crippen LogP contribution in [0.15, 0.2) is 60.7 Å². The Bertz CT molecular complexity index is 943. The number of tetrazole rings is 1. The van der Waals surface area contributed by atoms with Crippen LogP contribution in [0.3, 0.4) is 0 Å². The predicted molar refractivity (Wildman–Crippen MR) is 107 cm³/mol. The number of hydrogen-bond acceptors (Lipinski definition) is 5. The van der Waals surface area contributed by atoms with Crippen molar-refractivity contribution in [3.63, 3.8) is 0 Å². The summed E-state index contributed by atoms with van der Waals surface area (Å²) in [5.41, 5.74) is 1.79. The van der Waals surface area contributed by atoms with Crippen molar-refractivity contribution in [2.75, 3.05) is 6.54 Å². The van der Waals surface area contributed by atoms with Gasteiger partial charge in [-0.25, -0.2) is 0 Å². The highest BCUT2D eigenvalue weighted by atomic mass is 16.4. The molecule has 0 saturated heterocycles. The summed E-state index contributed by atoms with van der Waals surface area (Å²) in [6.07, 6.45) is 0.382. The monoisotopic (exact) mass is 393 g/mol. The first-order chi connectivity index (χ1) is 14.0. The van der Waals surface area contributed by atoms with Gasteiger partial charge in [-0.3, -0.25) is 9.59 Å². The van der Waals surface area contributed by atoms with Crippen LogP contribution in [0.1, 0.15) is 31.4 Å². The molecule has 8 heteroatoms. The fourth-order valence-electron chi connectivity index (χ4n) is 2.95. The third-order valence-corrected chi connectivity index (χ3v) is 4.51. The minimum absolute atomic E-state index is 0.00663. The average Bonchev–Trinajstić information content (AvgIpc) is 3.23. The zero-order valence-electron chi connectivity index (χ0n) is 16.2. The van der Waals surface area contributed by atoms with E-state index in [-0.39, 0.29) is 12.3 Å². The number of amides is 1. The second-order valence-corrected chi connectivity index (χ2v) is 6.72. The summed E-state index contributed by atoms with van der Waals surface area (Å²) in [7, 11) is 0. The molecule has 29 heavy (non-hydrogen) atoms. The Balaban J connectivity index is 1.75. The molecule has 150 valence electrons. The lowest BCUT2D eigenvalue weighted by Gasteiger charge is -2.25. The van der Waals surface area contributed by atoms with Crippen LogP contribution < -0.4 is 0 Å². The number of aliphatic carboxylic acids is 1. The first kappa shape index (κ1) is 20.2. The Hall–Kier alpha value is -3.55. The van der Waals surface area contributed by atoms with Crippen LogP contribution in [0.2, 0.25) is 0 Å². The lowest BCUT2D eigenvalue weighted by atomic mass is 10.1. The summed E-state index contributed by atoms with van der Waals surface area (Å²) >= 11 is 0. The molecule has 1 amide bonds. The Morgan fingerprint density at radius 3 is 2.38 bits per heavy atom. The normalized spacial score (nSPS) is 11.8. The highest BCUT2D eigenvalue weighted by Crippen LogP contribution is 2.16. The minimum atomic E-state index is -0.879. The number of hydrogen-bond donors (Lipinski definition) is 1. The van der Waals surface area contributed by atoms with Gasteiger partial charge in [-0.1, -0.05) is 60.7 Å². The third kappa shape index (κ3) is 5.47. The summed E-state index contributed by atoms with van der Waals surface area (Å²) in [6, 6.07) is 18.4. The van der Waals surface area contributed by atoms with E-state index in [1.807, 2.05) is 60.7 Å². The second kappa shape index (κ2) is 9.59. The molecule has 1 atom stereocenters. The molecule has 0 saturated carbocycles. The number of benzene rings is 2. The van der Waals surface area contributed by atoms with E-state index in [2.05, 4.69) is 15.4 Å². The van der Waals surface area contributed by atoms with Gasteiger partial charge in [0.15, 0.2) is 0 Å². The van der Waals surface area contributed by atoms with Crippen molar-refractivity contribution in [3.8, 4) is 11.4 Å². The number of carboxylic acid groups (broad SMARTS) is 1. The van der Waals surface area contributed by atoms with Gasteiger partial charge in [-0.05, 0) is 24.1 Å². The molecule has 0 spiro atoms. The van der Waals surface area contributed by atoms with Gasteiger partial charge in [0.2, 0.25) is 11.7 Å². The van der Waals surface area contributed by atoms with Crippen LogP contribution in [0.5, 0.6) is 0 Å². The number of carbonyl (C=O) groups is 2. The van der Waals surface area contributed by atoms with E-state index >= 15 is 0 Å². The maximum Gasteiger partial charge on any atom is 0.303 e. The SMILES string of the molecule is CC(C(=O)N(CCCC(=O)O)Cc1ccccc1)n1nnc(-c2ccccc2)n1. The summed E-state index contributed by atoms with van der Waals surface area (Å²) in [4.78, 5) is 26.9. The van der Waals surface area contributed by atoms with Crippen molar-refractivity contribution in [1.82, 2.24) is 25.1 Å². The van der Waals surface area contributed by atoms with Gasteiger partial charge in [0, 0.05) is 25.1 Å². The molecular formula is C21H23N5O3. The largest absolute Gasteiger partial charge is 0.481 e. The van der Waals surface area contributed by atoms with E-state index in [0.717, 1.165) is 11.1 Å². The van der Waals surface area contributed by atoms with Crippen molar-refractivity contribution in [2.45, 2.75) is 32.4 Å². The molecule has 1 aromatic heterocycles. The molecule has 2 aromatic carbocycles. The maximum absolute atomic E-state index is 13.1. The Morgan fingerprint density at radius 2 is 1.72 bits per heavy atom. The number of carboxylic acids is 1. The van der Waals surface area contributed by atoms with Crippen LogP contribution in [-0.4, -0.2) is 48.6 Å². The minimum Gasteiger partial charge on any atom is -0.481 e. The number of rotatable bonds is 9. The van der Waals surface area contributed by atoms with Gasteiger partial charge in [0.05, 0.1) is 0 Å². The predicted octanol–water partition coefficient (Wildman–Crippen LogP) is 2.79. The number of aromatic nitrogens is 4. The van der Waals surface area contributed by atoms with Gasteiger partial charge in [-0.15, -0.1) is 10.2 Å². The fourth-order valence-corrected chi connectivity index (χ4v) is 2.95. The Labute approximate surface area is 168 Å². The van der Waals surface area contributed by atoms with Crippen LogP contribution in [-0.2, 0) is 16.1 Å². The summed E-state index contributed by atoms with van der Waals surface area (Å²) in [6.45, 7) is 2.45. The molecule has 3 aromatic rings. The van der Waals surface area contributed by atoms with E-state index in [4.69, 9.17) is 5.11 Å². The van der Waals surface area contributed by atoms with Gasteiger partial charge < -0.3 is 10.0 Å². The summed E-state index contributed by atoms with van der Waals surface area (Å²) < 4.78 is 0. The highest BCUT2D eigenvalue weighted by molar-refractivity contribution is 5.80. The van der Waals surface area contributed by atoms with E-state index in [9.17, 15) is 9.59 Å². The number of carbonyl (C=O) groups excluding carboxylic acids is 1. The molecule has 1 N–H and O–H groups in total. The second-order valence-electron chi connectivity index (χ2n) is 6.72. The van der Waals surface area contributed by atoms with E-state index in [1.54, 1.807) is 11.8 Å². The van der Waals surface area contributed by atoms with Crippen LogP contribution >= 0.6 is 0 Å². The Morgan fingerprint density at radius 1 is 1.07 bits per heavy atom. The van der Waals surface area contributed by atoms with Crippen molar-refractivity contribution >= 4 is 11.9 Å². The molecule has 8 nitrogen and oxygen atoms in total. The number of nitrogens with zero attached hydrogens (tertiary/aromatic N) is 5. The van der Waals surface area contributed by atoms with Gasteiger partial charge >= 0.3 is 5.97 Å². The van der Waals surface area contributed by atoms with Gasteiger partial charge in [0.25, 0.3) is 0 Å². The van der Waals surface area contributed by atoms with E-state index in [1.165, 1.54) is 4.80 Å². The first-order valence-electron chi connectivity index (χ1n) is 9.44. The van der Waals surface area contributed by atoms with Crippen LogP contribution in [0.4, 0.5) is 0 Å². The standard InChI is InChI=1S/C21H23N5O3/c1-16(26-23-20(22-24-26)18-11-6-3-7-12-18)21(29)25(14-8-13-19(27)28)15-17-9-4-2-5-10-17/h2-7,9-12,16H,8,13-15H2,1H3,(H,27,28). The molecule has 0 aliphatic rings. The molecular weight excluding hydrogens is 370 g/mol. The Kier molecular flexibility index (Phi) is 6.67. The molecule has 1 unspecified atom stereocenters. The third-order valence-electron chi connectivity index (χ3n) is 4.51. The van der Waals surface area contributed by atoms with Crippen molar-refractivity contribution in [2.24, 2.45) is 0 Å². The molecule has 0 aliphatic heterocycles. The van der Waals surface area contributed by atoms with Gasteiger partial charge in [-0.2, -0.15) is 4.80 Å². The van der Waals surface area contributed by atoms with Gasteiger partial charge in [0.1, 0.15) is 6.04 Å². The molecule has 1 heterocycles. The smallest absolute Gasteiger partial charge is 0.303 e. The molecule has 0 aliphatic carbocycles. The van der Waals surface area contributed by atoms with Crippen LogP contribution in [0.25, 0.3) is 11.4 Å². The van der Waals surface area contributed by atoms with Crippen molar-refractivity contribution in [3.05, 3.63) is 66.2 Å². The molecule has 0 bridgehead atoms. The average molecular weight is 393 g/mol. The zero-order valence-corrected chi connectivity index (χ0v) is 16.2. The summed E-state index contributed by atoms with van der Waals surface area (Å²) in [5.74, 6) is -0.613. The van der Waals surface area contributed by atoms with Crippen molar-refractivity contribution < 1.29 is 14.7 Å². The topological polar surface area (TPSA) is 101 Å². The highest BCUT2D eigenvalue weighted by Gasteiger charge is 2.24. The lowest BCUT2D eigenvalue weighted by Crippen LogP contribution is -2.37. The fraction of sp³-hybridized carbons (Fsp3) is 0.286. The molecule has 3 rings (SSSR count). The van der Waals surface area contributed by atoms with E-state index < -0.39 is 12.0 Å². The molecule has 0 radical (unpaired) electrons. The molecule has 0 fully saturated rings. The van der Waals surface area contributed by atoms with E-state index in [0.29, 0.717) is 25.3 Å². The summed E-state index contributed by atoms with van der Waals surface area (Å²) in [5, 5.41) is 21.4. The zero-order chi connectivity index (χ0) is 20.6.